The summed E-state index contributed by atoms with van der Waals surface area (Å²) in [4.78, 5) is 22.8. The highest BCUT2D eigenvalue weighted by Crippen LogP contribution is 2.19. The number of rotatable bonds is 7. The van der Waals surface area contributed by atoms with Crippen molar-refractivity contribution in [1.29, 1.82) is 0 Å². The maximum atomic E-state index is 11.6. The molecule has 0 bridgehead atoms. The Labute approximate surface area is 108 Å². The van der Waals surface area contributed by atoms with E-state index in [0.717, 1.165) is 0 Å². The van der Waals surface area contributed by atoms with Crippen LogP contribution >= 0.6 is 0 Å². The van der Waals surface area contributed by atoms with E-state index in [-0.39, 0.29) is 12.8 Å². The first-order valence-electron chi connectivity index (χ1n) is 6.05. The quantitative estimate of drug-likeness (QED) is 0.456. The largest absolute Gasteiger partial charge is 0.480 e. The fourth-order valence-corrected chi connectivity index (χ4v) is 1.49. The lowest BCUT2D eigenvalue weighted by molar-refractivity contribution is -0.161. The Kier molecular flexibility index (Phi) is 6.28. The van der Waals surface area contributed by atoms with E-state index in [0.29, 0.717) is 19.4 Å². The summed E-state index contributed by atoms with van der Waals surface area (Å²) in [5.74, 6) is -1.79. The van der Waals surface area contributed by atoms with Crippen molar-refractivity contribution in [2.24, 2.45) is 11.5 Å². The highest BCUT2D eigenvalue weighted by Gasteiger charge is 2.37. The average molecular weight is 260 g/mol. The Balaban J connectivity index is 4.51. The van der Waals surface area contributed by atoms with Crippen molar-refractivity contribution in [1.82, 2.24) is 0 Å². The summed E-state index contributed by atoms with van der Waals surface area (Å²) in [6.07, 6.45) is 1.13. The molecule has 106 valence electrons. The van der Waals surface area contributed by atoms with E-state index in [1.165, 1.54) is 0 Å². The minimum absolute atomic E-state index is 0.207. The summed E-state index contributed by atoms with van der Waals surface area (Å²) in [5.41, 5.74) is 8.88. The lowest BCUT2D eigenvalue weighted by Gasteiger charge is -2.26. The van der Waals surface area contributed by atoms with Crippen LogP contribution in [0.4, 0.5) is 0 Å². The van der Waals surface area contributed by atoms with Crippen molar-refractivity contribution in [3.8, 4) is 0 Å². The smallest absolute Gasteiger partial charge is 0.324 e. The van der Waals surface area contributed by atoms with Crippen molar-refractivity contribution in [3.05, 3.63) is 0 Å². The van der Waals surface area contributed by atoms with E-state index >= 15 is 0 Å². The Hall–Kier alpha value is -1.14. The summed E-state index contributed by atoms with van der Waals surface area (Å²) < 4.78 is 5.08. The maximum absolute atomic E-state index is 11.6. The van der Waals surface area contributed by atoms with Gasteiger partial charge in [0.2, 0.25) is 0 Å². The summed E-state index contributed by atoms with van der Waals surface area (Å²) in [5, 5.41) is 9.12. The molecule has 0 rings (SSSR count). The second-order valence-electron chi connectivity index (χ2n) is 5.47. The van der Waals surface area contributed by atoms with Crippen molar-refractivity contribution < 1.29 is 19.4 Å². The number of carboxylic acid groups (broad SMARTS) is 1. The SMILES string of the molecule is CC(C)(C)OC(=O)C[C@](N)(CCCCN)C(=O)O. The van der Waals surface area contributed by atoms with E-state index < -0.39 is 23.1 Å². The molecule has 6 heteroatoms. The van der Waals surface area contributed by atoms with E-state index in [9.17, 15) is 9.59 Å². The molecule has 18 heavy (non-hydrogen) atoms. The minimum atomic E-state index is -1.57. The molecule has 0 aromatic heterocycles. The summed E-state index contributed by atoms with van der Waals surface area (Å²) in [6, 6.07) is 0. The molecule has 5 N–H and O–H groups in total. The molecule has 0 radical (unpaired) electrons. The lowest BCUT2D eigenvalue weighted by atomic mass is 9.90. The van der Waals surface area contributed by atoms with Gasteiger partial charge in [0, 0.05) is 0 Å². The molecule has 0 unspecified atom stereocenters. The van der Waals surface area contributed by atoms with Crippen LogP contribution in [0.2, 0.25) is 0 Å². The molecule has 0 saturated carbocycles. The predicted molar refractivity (Wildman–Crippen MR) is 67.9 cm³/mol. The first-order chi connectivity index (χ1) is 8.10. The van der Waals surface area contributed by atoms with Crippen LogP contribution in [-0.2, 0) is 14.3 Å². The molecule has 1 atom stereocenters. The molecule has 0 fully saturated rings. The predicted octanol–water partition coefficient (Wildman–Crippen LogP) is 0.629. The summed E-state index contributed by atoms with van der Waals surface area (Å²) in [6.45, 7) is 5.64. The monoisotopic (exact) mass is 260 g/mol. The summed E-state index contributed by atoms with van der Waals surface area (Å²) >= 11 is 0. The molecule has 0 aliphatic heterocycles. The number of carbonyl (C=O) groups is 2. The van der Waals surface area contributed by atoms with Crippen LogP contribution in [0.25, 0.3) is 0 Å². The molecule has 0 aliphatic carbocycles. The standard InChI is InChI=1S/C12H24N2O4/c1-11(2,3)18-9(15)8-12(14,10(16)17)6-4-5-7-13/h4-8,13-14H2,1-3H3,(H,16,17)/t12-/m1/s1. The van der Waals surface area contributed by atoms with Gasteiger partial charge in [-0.15, -0.1) is 0 Å². The third-order valence-corrected chi connectivity index (χ3v) is 2.38. The highest BCUT2D eigenvalue weighted by molar-refractivity contribution is 5.85. The van der Waals surface area contributed by atoms with Gasteiger partial charge in [0.25, 0.3) is 0 Å². The van der Waals surface area contributed by atoms with Gasteiger partial charge in [-0.05, 0) is 46.6 Å². The second kappa shape index (κ2) is 6.70. The average Bonchev–Trinajstić information content (AvgIpc) is 2.14. The van der Waals surface area contributed by atoms with Crippen LogP contribution in [0.1, 0.15) is 46.5 Å². The Morgan fingerprint density at radius 3 is 2.17 bits per heavy atom. The van der Waals surface area contributed by atoms with E-state index in [4.69, 9.17) is 21.3 Å². The van der Waals surface area contributed by atoms with Gasteiger partial charge >= 0.3 is 11.9 Å². The van der Waals surface area contributed by atoms with Crippen molar-refractivity contribution in [2.75, 3.05) is 6.54 Å². The molecular formula is C12H24N2O4. The van der Waals surface area contributed by atoms with Crippen molar-refractivity contribution in [3.63, 3.8) is 0 Å². The van der Waals surface area contributed by atoms with Crippen LogP contribution in [0.5, 0.6) is 0 Å². The Morgan fingerprint density at radius 1 is 1.22 bits per heavy atom. The third kappa shape index (κ3) is 6.56. The van der Waals surface area contributed by atoms with Gasteiger partial charge in [-0.1, -0.05) is 0 Å². The van der Waals surface area contributed by atoms with Gasteiger partial charge in [-0.25, -0.2) is 0 Å². The number of carbonyl (C=O) groups excluding carboxylic acids is 1. The zero-order chi connectivity index (χ0) is 14.4. The van der Waals surface area contributed by atoms with Crippen LogP contribution in [0.3, 0.4) is 0 Å². The molecule has 0 heterocycles. The van der Waals surface area contributed by atoms with Crippen LogP contribution in [0.15, 0.2) is 0 Å². The number of hydrogen-bond donors (Lipinski definition) is 3. The van der Waals surface area contributed by atoms with Crippen LogP contribution in [0, 0.1) is 0 Å². The van der Waals surface area contributed by atoms with Gasteiger partial charge in [0.1, 0.15) is 11.1 Å². The number of aliphatic carboxylic acids is 1. The fraction of sp³-hybridized carbons (Fsp3) is 0.833. The molecule has 0 aromatic rings. The van der Waals surface area contributed by atoms with Crippen molar-refractivity contribution in [2.45, 2.75) is 57.6 Å². The number of carboxylic acids is 1. The third-order valence-electron chi connectivity index (χ3n) is 2.38. The molecule has 0 amide bonds. The fourth-order valence-electron chi connectivity index (χ4n) is 1.49. The number of unbranched alkanes of at least 4 members (excludes halogenated alkanes) is 1. The molecule has 6 nitrogen and oxygen atoms in total. The topological polar surface area (TPSA) is 116 Å². The van der Waals surface area contributed by atoms with Gasteiger partial charge in [-0.2, -0.15) is 0 Å². The van der Waals surface area contributed by atoms with Crippen LogP contribution < -0.4 is 11.5 Å². The Morgan fingerprint density at radius 2 is 1.78 bits per heavy atom. The maximum Gasteiger partial charge on any atom is 0.324 e. The highest BCUT2D eigenvalue weighted by atomic mass is 16.6. The van der Waals surface area contributed by atoms with Crippen LogP contribution in [-0.4, -0.2) is 34.7 Å². The summed E-state index contributed by atoms with van der Waals surface area (Å²) in [7, 11) is 0. The first kappa shape index (κ1) is 16.9. The van der Waals surface area contributed by atoms with Gasteiger partial charge in [0.05, 0.1) is 6.42 Å². The molecule has 0 aromatic carbocycles. The molecular weight excluding hydrogens is 236 g/mol. The first-order valence-corrected chi connectivity index (χ1v) is 6.05. The lowest BCUT2D eigenvalue weighted by Crippen LogP contribution is -2.50. The molecule has 0 saturated heterocycles. The number of ether oxygens (including phenoxy) is 1. The van der Waals surface area contributed by atoms with Gasteiger partial charge in [0.15, 0.2) is 0 Å². The normalized spacial score (nSPS) is 14.9. The van der Waals surface area contributed by atoms with E-state index in [1.807, 2.05) is 0 Å². The van der Waals surface area contributed by atoms with Gasteiger partial charge < -0.3 is 21.3 Å². The van der Waals surface area contributed by atoms with Crippen molar-refractivity contribution >= 4 is 11.9 Å². The number of hydrogen-bond acceptors (Lipinski definition) is 5. The van der Waals surface area contributed by atoms with Gasteiger partial charge in [-0.3, -0.25) is 9.59 Å². The second-order valence-corrected chi connectivity index (χ2v) is 5.47. The zero-order valence-electron chi connectivity index (χ0n) is 11.4. The van der Waals surface area contributed by atoms with E-state index in [1.54, 1.807) is 20.8 Å². The number of nitrogens with two attached hydrogens (primary N) is 2. The minimum Gasteiger partial charge on any atom is -0.480 e. The number of esters is 1. The molecule has 0 aliphatic rings. The Bertz CT molecular complexity index is 299. The van der Waals surface area contributed by atoms with E-state index in [2.05, 4.69) is 0 Å². The zero-order valence-corrected chi connectivity index (χ0v) is 11.4. The molecule has 0 spiro atoms.